The van der Waals surface area contributed by atoms with Crippen molar-refractivity contribution in [3.8, 4) is 0 Å². The maximum Gasteiger partial charge on any atom is 0.0452 e. The van der Waals surface area contributed by atoms with Crippen molar-refractivity contribution in [2.45, 2.75) is 19.3 Å². The van der Waals surface area contributed by atoms with Crippen LogP contribution in [-0.2, 0) is 6.42 Å². The molecule has 0 saturated heterocycles. The van der Waals surface area contributed by atoms with E-state index in [0.29, 0.717) is 5.92 Å². The molecule has 1 aliphatic heterocycles. The van der Waals surface area contributed by atoms with Crippen molar-refractivity contribution < 1.29 is 0 Å². The van der Waals surface area contributed by atoms with E-state index in [1.54, 1.807) is 0 Å². The van der Waals surface area contributed by atoms with Crippen molar-refractivity contribution in [2.75, 3.05) is 13.1 Å². The second-order valence-corrected chi connectivity index (χ2v) is 4.46. The van der Waals surface area contributed by atoms with Gasteiger partial charge in [-0.15, -0.1) is 0 Å². The fourth-order valence-electron chi connectivity index (χ4n) is 1.75. The third-order valence-electron chi connectivity index (χ3n) is 2.49. The highest BCUT2D eigenvalue weighted by molar-refractivity contribution is 9.10. The zero-order valence-electron chi connectivity index (χ0n) is 7.68. The summed E-state index contributed by atoms with van der Waals surface area (Å²) in [5, 5.41) is 3.41. The number of aromatic nitrogens is 1. The molecule has 1 aliphatic rings. The number of pyridine rings is 1. The molecule has 1 aromatic heterocycles. The minimum atomic E-state index is 0.572. The monoisotopic (exact) mass is 240 g/mol. The van der Waals surface area contributed by atoms with Crippen molar-refractivity contribution in [1.29, 1.82) is 0 Å². The van der Waals surface area contributed by atoms with Gasteiger partial charge < -0.3 is 5.32 Å². The molecule has 70 valence electrons. The summed E-state index contributed by atoms with van der Waals surface area (Å²) >= 11 is 3.46. The summed E-state index contributed by atoms with van der Waals surface area (Å²) in [6, 6.07) is 2.19. The largest absolute Gasteiger partial charge is 0.316 e. The lowest BCUT2D eigenvalue weighted by atomic mass is 10.00. The van der Waals surface area contributed by atoms with Gasteiger partial charge >= 0.3 is 0 Å². The molecule has 1 atom stereocenters. The van der Waals surface area contributed by atoms with Crippen LogP contribution in [-0.4, -0.2) is 18.1 Å². The molecule has 0 aromatic carbocycles. The fourth-order valence-corrected chi connectivity index (χ4v) is 2.10. The van der Waals surface area contributed by atoms with Crippen LogP contribution < -0.4 is 5.32 Å². The van der Waals surface area contributed by atoms with E-state index in [4.69, 9.17) is 0 Å². The number of nitrogens with zero attached hydrogens (tertiary/aromatic N) is 1. The Kier molecular flexibility index (Phi) is 2.65. The van der Waals surface area contributed by atoms with Gasteiger partial charge in [0.2, 0.25) is 0 Å². The normalized spacial score (nSPS) is 22.2. The SMILES string of the molecule is CC1CNCCc2ncc(Br)cc21. The van der Waals surface area contributed by atoms with Crippen LogP contribution in [0, 0.1) is 0 Å². The van der Waals surface area contributed by atoms with E-state index >= 15 is 0 Å². The van der Waals surface area contributed by atoms with E-state index in [2.05, 4.69) is 39.2 Å². The molecule has 0 fully saturated rings. The maximum absolute atomic E-state index is 4.44. The minimum Gasteiger partial charge on any atom is -0.316 e. The molecular weight excluding hydrogens is 228 g/mol. The molecule has 0 aliphatic carbocycles. The van der Waals surface area contributed by atoms with Crippen LogP contribution in [0.15, 0.2) is 16.7 Å². The Morgan fingerprint density at radius 1 is 1.62 bits per heavy atom. The molecule has 1 aromatic rings. The molecule has 0 amide bonds. The van der Waals surface area contributed by atoms with E-state index in [1.807, 2.05) is 6.20 Å². The second kappa shape index (κ2) is 3.76. The van der Waals surface area contributed by atoms with Crippen molar-refractivity contribution in [3.05, 3.63) is 28.0 Å². The average molecular weight is 241 g/mol. The predicted molar refractivity (Wildman–Crippen MR) is 56.9 cm³/mol. The summed E-state index contributed by atoms with van der Waals surface area (Å²) in [6.07, 6.45) is 2.93. The van der Waals surface area contributed by atoms with E-state index in [9.17, 15) is 0 Å². The van der Waals surface area contributed by atoms with Gasteiger partial charge in [0.1, 0.15) is 0 Å². The number of nitrogens with one attached hydrogen (secondary N) is 1. The van der Waals surface area contributed by atoms with Gasteiger partial charge in [0.15, 0.2) is 0 Å². The molecular formula is C10H13BrN2. The summed E-state index contributed by atoms with van der Waals surface area (Å²) in [4.78, 5) is 4.44. The van der Waals surface area contributed by atoms with Gasteiger partial charge in [-0.25, -0.2) is 0 Å². The quantitative estimate of drug-likeness (QED) is 0.752. The van der Waals surface area contributed by atoms with Crippen LogP contribution in [0.1, 0.15) is 24.1 Å². The molecule has 0 spiro atoms. The Bertz CT molecular complexity index is 312. The third kappa shape index (κ3) is 1.92. The molecule has 0 radical (unpaired) electrons. The van der Waals surface area contributed by atoms with Gasteiger partial charge in [0, 0.05) is 35.9 Å². The van der Waals surface area contributed by atoms with Gasteiger partial charge in [-0.3, -0.25) is 4.98 Å². The Labute approximate surface area is 86.9 Å². The third-order valence-corrected chi connectivity index (χ3v) is 2.92. The summed E-state index contributed by atoms with van der Waals surface area (Å²) in [5.41, 5.74) is 2.64. The number of rotatable bonds is 0. The van der Waals surface area contributed by atoms with Gasteiger partial charge in [0.25, 0.3) is 0 Å². The zero-order valence-corrected chi connectivity index (χ0v) is 9.26. The highest BCUT2D eigenvalue weighted by Crippen LogP contribution is 2.23. The van der Waals surface area contributed by atoms with Crippen LogP contribution >= 0.6 is 15.9 Å². The van der Waals surface area contributed by atoms with Crippen LogP contribution in [0.4, 0.5) is 0 Å². The Hall–Kier alpha value is -0.410. The lowest BCUT2D eigenvalue weighted by Crippen LogP contribution is -2.18. The van der Waals surface area contributed by atoms with Gasteiger partial charge in [-0.2, -0.15) is 0 Å². The lowest BCUT2D eigenvalue weighted by Gasteiger charge is -2.11. The second-order valence-electron chi connectivity index (χ2n) is 3.54. The maximum atomic E-state index is 4.44. The van der Waals surface area contributed by atoms with E-state index in [1.165, 1.54) is 11.3 Å². The summed E-state index contributed by atoms with van der Waals surface area (Å²) in [5.74, 6) is 0.572. The summed E-state index contributed by atoms with van der Waals surface area (Å²) in [7, 11) is 0. The molecule has 1 unspecified atom stereocenters. The van der Waals surface area contributed by atoms with Crippen LogP contribution in [0.5, 0.6) is 0 Å². The number of hydrogen-bond acceptors (Lipinski definition) is 2. The van der Waals surface area contributed by atoms with Crippen LogP contribution in [0.2, 0.25) is 0 Å². The van der Waals surface area contributed by atoms with E-state index in [0.717, 1.165) is 24.0 Å². The van der Waals surface area contributed by atoms with Crippen LogP contribution in [0.25, 0.3) is 0 Å². The van der Waals surface area contributed by atoms with Gasteiger partial charge in [-0.05, 0) is 33.5 Å². The zero-order chi connectivity index (χ0) is 9.26. The Morgan fingerprint density at radius 2 is 2.46 bits per heavy atom. The first-order chi connectivity index (χ1) is 6.27. The topological polar surface area (TPSA) is 24.9 Å². The first-order valence-corrected chi connectivity index (χ1v) is 5.41. The van der Waals surface area contributed by atoms with Gasteiger partial charge in [-0.1, -0.05) is 6.92 Å². The molecule has 2 heterocycles. The van der Waals surface area contributed by atoms with Crippen molar-refractivity contribution >= 4 is 15.9 Å². The number of hydrogen-bond donors (Lipinski definition) is 1. The summed E-state index contributed by atoms with van der Waals surface area (Å²) < 4.78 is 1.08. The molecule has 3 heteroatoms. The van der Waals surface area contributed by atoms with Crippen molar-refractivity contribution in [3.63, 3.8) is 0 Å². The summed E-state index contributed by atoms with van der Waals surface area (Å²) in [6.45, 7) is 4.35. The molecule has 2 nitrogen and oxygen atoms in total. The fraction of sp³-hybridized carbons (Fsp3) is 0.500. The molecule has 0 bridgehead atoms. The molecule has 1 N–H and O–H groups in total. The van der Waals surface area contributed by atoms with E-state index < -0.39 is 0 Å². The molecule has 13 heavy (non-hydrogen) atoms. The predicted octanol–water partition coefficient (Wildman–Crippen LogP) is 2.09. The number of halogens is 1. The highest BCUT2D eigenvalue weighted by atomic mass is 79.9. The minimum absolute atomic E-state index is 0.572. The average Bonchev–Trinajstić information content (AvgIpc) is 2.29. The highest BCUT2D eigenvalue weighted by Gasteiger charge is 2.15. The first kappa shape index (κ1) is 9.16. The standard InChI is InChI=1S/C10H13BrN2/c1-7-5-12-3-2-10-9(7)4-8(11)6-13-10/h4,6-7,12H,2-3,5H2,1H3. The Balaban J connectivity index is 2.43. The van der Waals surface area contributed by atoms with Crippen LogP contribution in [0.3, 0.4) is 0 Å². The smallest absolute Gasteiger partial charge is 0.0452 e. The Morgan fingerprint density at radius 3 is 3.31 bits per heavy atom. The number of fused-ring (bicyclic) bond motifs is 1. The molecule has 2 rings (SSSR count). The molecule has 0 saturated carbocycles. The first-order valence-electron chi connectivity index (χ1n) is 4.62. The van der Waals surface area contributed by atoms with Gasteiger partial charge in [0.05, 0.1) is 0 Å². The van der Waals surface area contributed by atoms with Crippen molar-refractivity contribution in [1.82, 2.24) is 10.3 Å². The van der Waals surface area contributed by atoms with Crippen molar-refractivity contribution in [2.24, 2.45) is 0 Å². The van der Waals surface area contributed by atoms with E-state index in [-0.39, 0.29) is 0 Å². The lowest BCUT2D eigenvalue weighted by molar-refractivity contribution is 0.644.